The number of ether oxygens (including phenoxy) is 1. The maximum Gasteiger partial charge on any atom is 0.0917 e. The Labute approximate surface area is 133 Å². The van der Waals surface area contributed by atoms with Crippen LogP contribution in [-0.2, 0) is 4.74 Å². The molecule has 2 saturated heterocycles. The van der Waals surface area contributed by atoms with E-state index in [-0.39, 0.29) is 6.10 Å². The highest BCUT2D eigenvalue weighted by Gasteiger charge is 2.27. The fraction of sp³-hybridized carbons (Fsp3) is 0.667. The zero-order chi connectivity index (χ0) is 15.2. The minimum Gasteiger partial charge on any atom is -0.387 e. The molecule has 2 atom stereocenters. The number of nitrogens with zero attached hydrogens (tertiary/aromatic N) is 2. The molecular formula is C18H28N2O2. The van der Waals surface area contributed by atoms with Crippen molar-refractivity contribution < 1.29 is 9.84 Å². The Hall–Kier alpha value is -0.940. The van der Waals surface area contributed by atoms with Crippen molar-refractivity contribution in [1.82, 2.24) is 9.80 Å². The van der Waals surface area contributed by atoms with Gasteiger partial charge in [0.1, 0.15) is 0 Å². The first-order chi connectivity index (χ1) is 10.8. The number of likely N-dealkylation sites (tertiary alicyclic amines) is 1. The molecule has 1 aromatic rings. The van der Waals surface area contributed by atoms with Gasteiger partial charge in [0, 0.05) is 32.2 Å². The first-order valence-electron chi connectivity index (χ1n) is 8.60. The molecule has 2 aliphatic rings. The van der Waals surface area contributed by atoms with Crippen LogP contribution in [0.25, 0.3) is 0 Å². The molecule has 2 aliphatic heterocycles. The zero-order valence-corrected chi connectivity index (χ0v) is 13.4. The van der Waals surface area contributed by atoms with Crippen LogP contribution in [0.3, 0.4) is 0 Å². The Morgan fingerprint density at radius 1 is 1.09 bits per heavy atom. The van der Waals surface area contributed by atoms with E-state index < -0.39 is 0 Å². The van der Waals surface area contributed by atoms with Gasteiger partial charge in [-0.05, 0) is 24.9 Å². The molecule has 2 heterocycles. The molecule has 2 unspecified atom stereocenters. The van der Waals surface area contributed by atoms with E-state index in [1.54, 1.807) is 0 Å². The third-order valence-electron chi connectivity index (χ3n) is 4.91. The number of rotatable bonds is 5. The molecular weight excluding hydrogens is 276 g/mol. The van der Waals surface area contributed by atoms with Gasteiger partial charge in [-0.25, -0.2) is 0 Å². The fourth-order valence-corrected chi connectivity index (χ4v) is 3.59. The standard InChI is InChI=1S/C18H28N2O2/c21-18(16-6-2-1-3-7-16)15-20-9-5-4-8-17(20)14-19-10-12-22-13-11-19/h1-3,6-7,17-18,21H,4-5,8-15H2. The molecule has 0 radical (unpaired) electrons. The molecule has 0 amide bonds. The van der Waals surface area contributed by atoms with Crippen LogP contribution in [0.2, 0.25) is 0 Å². The number of benzene rings is 1. The van der Waals surface area contributed by atoms with Crippen molar-refractivity contribution in [2.24, 2.45) is 0 Å². The first kappa shape index (κ1) is 15.9. The van der Waals surface area contributed by atoms with Crippen molar-refractivity contribution in [3.63, 3.8) is 0 Å². The predicted octanol–water partition coefficient (Wildman–Crippen LogP) is 1.91. The third kappa shape index (κ3) is 4.29. The van der Waals surface area contributed by atoms with Crippen molar-refractivity contribution in [3.8, 4) is 0 Å². The zero-order valence-electron chi connectivity index (χ0n) is 13.4. The lowest BCUT2D eigenvalue weighted by Gasteiger charge is -2.40. The van der Waals surface area contributed by atoms with Gasteiger partial charge in [0.15, 0.2) is 0 Å². The van der Waals surface area contributed by atoms with Gasteiger partial charge in [-0.3, -0.25) is 9.80 Å². The molecule has 0 aromatic heterocycles. The largest absolute Gasteiger partial charge is 0.387 e. The van der Waals surface area contributed by atoms with E-state index >= 15 is 0 Å². The average Bonchev–Trinajstić information content (AvgIpc) is 2.58. The van der Waals surface area contributed by atoms with Crippen LogP contribution < -0.4 is 0 Å². The number of hydrogen-bond acceptors (Lipinski definition) is 4. The van der Waals surface area contributed by atoms with Gasteiger partial charge in [0.05, 0.1) is 19.3 Å². The normalized spacial score (nSPS) is 26.0. The van der Waals surface area contributed by atoms with Gasteiger partial charge in [-0.1, -0.05) is 36.8 Å². The molecule has 3 rings (SSSR count). The molecule has 0 aliphatic carbocycles. The SMILES string of the molecule is OC(CN1CCCCC1CN1CCOCC1)c1ccccc1. The minimum absolute atomic E-state index is 0.383. The quantitative estimate of drug-likeness (QED) is 0.901. The van der Waals surface area contributed by atoms with E-state index in [9.17, 15) is 5.11 Å². The summed E-state index contributed by atoms with van der Waals surface area (Å²) < 4.78 is 5.44. The van der Waals surface area contributed by atoms with E-state index in [0.29, 0.717) is 6.04 Å². The summed E-state index contributed by atoms with van der Waals surface area (Å²) >= 11 is 0. The van der Waals surface area contributed by atoms with Crippen molar-refractivity contribution in [1.29, 1.82) is 0 Å². The van der Waals surface area contributed by atoms with Gasteiger partial charge in [-0.15, -0.1) is 0 Å². The second-order valence-corrected chi connectivity index (χ2v) is 6.48. The molecule has 2 fully saturated rings. The highest BCUT2D eigenvalue weighted by atomic mass is 16.5. The summed E-state index contributed by atoms with van der Waals surface area (Å²) in [5.41, 5.74) is 1.03. The maximum atomic E-state index is 10.5. The monoisotopic (exact) mass is 304 g/mol. The van der Waals surface area contributed by atoms with Gasteiger partial charge in [0.2, 0.25) is 0 Å². The van der Waals surface area contributed by atoms with Gasteiger partial charge in [0.25, 0.3) is 0 Å². The van der Waals surface area contributed by atoms with Crippen LogP contribution >= 0.6 is 0 Å². The molecule has 0 spiro atoms. The number of piperidine rings is 1. The second kappa shape index (κ2) is 8.06. The predicted molar refractivity (Wildman–Crippen MR) is 87.9 cm³/mol. The third-order valence-corrected chi connectivity index (χ3v) is 4.91. The summed E-state index contributed by atoms with van der Waals surface area (Å²) in [6.07, 6.45) is 3.43. The Morgan fingerprint density at radius 2 is 1.86 bits per heavy atom. The molecule has 0 bridgehead atoms. The van der Waals surface area contributed by atoms with Crippen LogP contribution in [0.4, 0.5) is 0 Å². The molecule has 4 heteroatoms. The van der Waals surface area contributed by atoms with Gasteiger partial charge in [-0.2, -0.15) is 0 Å². The molecule has 4 nitrogen and oxygen atoms in total. The summed E-state index contributed by atoms with van der Waals surface area (Å²) in [4.78, 5) is 5.01. The van der Waals surface area contributed by atoms with E-state index in [1.807, 2.05) is 30.3 Å². The molecule has 1 N–H and O–H groups in total. The highest BCUT2D eigenvalue weighted by Crippen LogP contribution is 2.22. The number of aliphatic hydroxyl groups is 1. The van der Waals surface area contributed by atoms with E-state index in [0.717, 1.165) is 51.5 Å². The van der Waals surface area contributed by atoms with Gasteiger partial charge >= 0.3 is 0 Å². The summed E-state index contributed by atoms with van der Waals surface area (Å²) in [6.45, 7) is 6.79. The van der Waals surface area contributed by atoms with Crippen LogP contribution in [-0.4, -0.2) is 66.9 Å². The summed E-state index contributed by atoms with van der Waals surface area (Å²) in [5, 5.41) is 10.5. The lowest BCUT2D eigenvalue weighted by atomic mass is 9.99. The number of aliphatic hydroxyl groups excluding tert-OH is 1. The Kier molecular flexibility index (Phi) is 5.84. The van der Waals surface area contributed by atoms with Crippen molar-refractivity contribution in [2.75, 3.05) is 45.9 Å². The number of morpholine rings is 1. The smallest absolute Gasteiger partial charge is 0.0917 e. The summed E-state index contributed by atoms with van der Waals surface area (Å²) in [5.74, 6) is 0. The number of β-amino-alcohol motifs (C(OH)–C–C–N with tert-alkyl or cyclic N) is 1. The van der Waals surface area contributed by atoms with Crippen LogP contribution in [0.1, 0.15) is 30.9 Å². The highest BCUT2D eigenvalue weighted by molar-refractivity contribution is 5.17. The van der Waals surface area contributed by atoms with Gasteiger partial charge < -0.3 is 9.84 Å². The van der Waals surface area contributed by atoms with E-state index in [4.69, 9.17) is 4.74 Å². The summed E-state index contributed by atoms with van der Waals surface area (Å²) in [6, 6.07) is 10.6. The summed E-state index contributed by atoms with van der Waals surface area (Å²) in [7, 11) is 0. The Bertz CT molecular complexity index is 434. The fourth-order valence-electron chi connectivity index (χ4n) is 3.59. The minimum atomic E-state index is -0.383. The second-order valence-electron chi connectivity index (χ2n) is 6.48. The van der Waals surface area contributed by atoms with Crippen molar-refractivity contribution in [2.45, 2.75) is 31.4 Å². The molecule has 122 valence electrons. The van der Waals surface area contributed by atoms with Crippen LogP contribution in [0.15, 0.2) is 30.3 Å². The first-order valence-corrected chi connectivity index (χ1v) is 8.60. The number of hydrogen-bond donors (Lipinski definition) is 1. The maximum absolute atomic E-state index is 10.5. The van der Waals surface area contributed by atoms with Crippen LogP contribution in [0.5, 0.6) is 0 Å². The van der Waals surface area contributed by atoms with E-state index in [2.05, 4.69) is 9.80 Å². The van der Waals surface area contributed by atoms with Crippen molar-refractivity contribution >= 4 is 0 Å². The molecule has 1 aromatic carbocycles. The molecule has 22 heavy (non-hydrogen) atoms. The van der Waals surface area contributed by atoms with E-state index in [1.165, 1.54) is 19.3 Å². The molecule has 0 saturated carbocycles. The lowest BCUT2D eigenvalue weighted by Crippen LogP contribution is -2.50. The average molecular weight is 304 g/mol. The Morgan fingerprint density at radius 3 is 2.64 bits per heavy atom. The van der Waals surface area contributed by atoms with Crippen molar-refractivity contribution in [3.05, 3.63) is 35.9 Å². The lowest BCUT2D eigenvalue weighted by molar-refractivity contribution is 0.00673. The van der Waals surface area contributed by atoms with Crippen LogP contribution in [0, 0.1) is 0 Å². The Balaban J connectivity index is 1.57. The topological polar surface area (TPSA) is 35.9 Å².